The maximum atomic E-state index is 12.6. The summed E-state index contributed by atoms with van der Waals surface area (Å²) < 4.78 is 12.6. The van der Waals surface area contributed by atoms with Crippen LogP contribution in [0.3, 0.4) is 0 Å². The molecule has 0 N–H and O–H groups in total. The monoisotopic (exact) mass is 173 g/mol. The third kappa shape index (κ3) is 1.74. The molecule has 0 aliphatic heterocycles. The van der Waals surface area contributed by atoms with Gasteiger partial charge in [0.2, 0.25) is 5.95 Å². The lowest BCUT2D eigenvalue weighted by molar-refractivity contribution is 0.101. The SMILES string of the molecule is O=C(CCl)c1cccnc1F. The van der Waals surface area contributed by atoms with Crippen LogP contribution in [-0.4, -0.2) is 16.6 Å². The van der Waals surface area contributed by atoms with E-state index in [9.17, 15) is 9.18 Å². The summed E-state index contributed by atoms with van der Waals surface area (Å²) in [7, 11) is 0. The fourth-order valence-electron chi connectivity index (χ4n) is 0.666. The van der Waals surface area contributed by atoms with Gasteiger partial charge in [-0.25, -0.2) is 4.98 Å². The molecule has 58 valence electrons. The Bertz CT molecular complexity index is 277. The summed E-state index contributed by atoms with van der Waals surface area (Å²) in [5.74, 6) is -1.43. The molecule has 0 unspecified atom stereocenters. The summed E-state index contributed by atoms with van der Waals surface area (Å²) in [4.78, 5) is 14.1. The Morgan fingerprint density at radius 2 is 2.45 bits per heavy atom. The van der Waals surface area contributed by atoms with Gasteiger partial charge in [0.15, 0.2) is 5.78 Å². The second-order valence-electron chi connectivity index (χ2n) is 1.90. The van der Waals surface area contributed by atoms with Crippen molar-refractivity contribution in [2.24, 2.45) is 0 Å². The number of nitrogens with zero attached hydrogens (tertiary/aromatic N) is 1. The lowest BCUT2D eigenvalue weighted by atomic mass is 10.2. The van der Waals surface area contributed by atoms with Crippen molar-refractivity contribution in [3.05, 3.63) is 29.8 Å². The minimum atomic E-state index is -0.766. The molecule has 0 atom stereocenters. The molecule has 0 radical (unpaired) electrons. The molecule has 1 aromatic rings. The van der Waals surface area contributed by atoms with Crippen LogP contribution in [0.1, 0.15) is 10.4 Å². The predicted molar refractivity (Wildman–Crippen MR) is 39.2 cm³/mol. The van der Waals surface area contributed by atoms with Gasteiger partial charge < -0.3 is 0 Å². The summed E-state index contributed by atoms with van der Waals surface area (Å²) >= 11 is 5.21. The van der Waals surface area contributed by atoms with Crippen LogP contribution in [0.4, 0.5) is 4.39 Å². The maximum Gasteiger partial charge on any atom is 0.223 e. The molecule has 0 saturated carbocycles. The largest absolute Gasteiger partial charge is 0.293 e. The molecular weight excluding hydrogens is 169 g/mol. The van der Waals surface area contributed by atoms with Gasteiger partial charge in [-0.1, -0.05) is 0 Å². The van der Waals surface area contributed by atoms with Crippen molar-refractivity contribution in [3.8, 4) is 0 Å². The van der Waals surface area contributed by atoms with Gasteiger partial charge in [-0.2, -0.15) is 4.39 Å². The van der Waals surface area contributed by atoms with Crippen molar-refractivity contribution in [1.82, 2.24) is 4.98 Å². The molecule has 0 aliphatic carbocycles. The maximum absolute atomic E-state index is 12.6. The van der Waals surface area contributed by atoms with E-state index in [1.165, 1.54) is 18.3 Å². The summed E-state index contributed by atoms with van der Waals surface area (Å²) in [5.41, 5.74) is -0.0532. The van der Waals surface area contributed by atoms with Crippen LogP contribution in [0.25, 0.3) is 0 Å². The number of hydrogen-bond acceptors (Lipinski definition) is 2. The van der Waals surface area contributed by atoms with Gasteiger partial charge >= 0.3 is 0 Å². The number of aromatic nitrogens is 1. The van der Waals surface area contributed by atoms with E-state index in [1.54, 1.807) is 0 Å². The number of hydrogen-bond donors (Lipinski definition) is 0. The number of alkyl halides is 1. The van der Waals surface area contributed by atoms with Crippen LogP contribution in [0, 0.1) is 5.95 Å². The molecule has 0 saturated heterocycles. The normalized spacial score (nSPS) is 9.64. The van der Waals surface area contributed by atoms with E-state index < -0.39 is 11.7 Å². The van der Waals surface area contributed by atoms with Gasteiger partial charge in [0, 0.05) is 6.20 Å². The Hall–Kier alpha value is -0.960. The molecule has 0 aromatic carbocycles. The van der Waals surface area contributed by atoms with Crippen LogP contribution >= 0.6 is 11.6 Å². The Labute approximate surface area is 68.0 Å². The molecule has 0 spiro atoms. The average Bonchev–Trinajstić information content (AvgIpc) is 2.04. The number of ketones is 1. The standard InChI is InChI=1S/C7H5ClFNO/c8-4-6(11)5-2-1-3-10-7(5)9/h1-3H,4H2. The molecule has 0 aliphatic rings. The summed E-state index contributed by atoms with van der Waals surface area (Å²) in [6.07, 6.45) is 1.28. The minimum Gasteiger partial charge on any atom is -0.293 e. The van der Waals surface area contributed by atoms with Crippen LogP contribution in [0.5, 0.6) is 0 Å². The Balaban J connectivity index is 3.03. The first-order valence-electron chi connectivity index (χ1n) is 2.95. The van der Waals surface area contributed by atoms with E-state index in [-0.39, 0.29) is 11.4 Å². The van der Waals surface area contributed by atoms with E-state index in [4.69, 9.17) is 11.6 Å². The molecule has 1 heterocycles. The lowest BCUT2D eigenvalue weighted by Gasteiger charge is -1.95. The van der Waals surface area contributed by atoms with Gasteiger partial charge in [-0.15, -0.1) is 11.6 Å². The Kier molecular flexibility index (Phi) is 2.54. The van der Waals surface area contributed by atoms with E-state index in [0.29, 0.717) is 0 Å². The second kappa shape index (κ2) is 3.44. The quantitative estimate of drug-likeness (QED) is 0.387. The minimum absolute atomic E-state index is 0.0532. The van der Waals surface area contributed by atoms with Gasteiger partial charge in [-0.05, 0) is 12.1 Å². The fourth-order valence-corrected chi connectivity index (χ4v) is 0.810. The molecule has 11 heavy (non-hydrogen) atoms. The topological polar surface area (TPSA) is 30.0 Å². The number of carbonyl (C=O) groups excluding carboxylic acids is 1. The van der Waals surface area contributed by atoms with E-state index in [1.807, 2.05) is 0 Å². The predicted octanol–water partition coefficient (Wildman–Crippen LogP) is 1.64. The third-order valence-electron chi connectivity index (χ3n) is 1.18. The number of rotatable bonds is 2. The van der Waals surface area contributed by atoms with Crippen LogP contribution < -0.4 is 0 Å². The van der Waals surface area contributed by atoms with Crippen molar-refractivity contribution in [3.63, 3.8) is 0 Å². The summed E-state index contributed by atoms with van der Waals surface area (Å²) in [5, 5.41) is 0. The highest BCUT2D eigenvalue weighted by Crippen LogP contribution is 2.04. The molecule has 1 rings (SSSR count). The van der Waals surface area contributed by atoms with E-state index in [2.05, 4.69) is 4.98 Å². The van der Waals surface area contributed by atoms with Crippen LogP contribution in [0.2, 0.25) is 0 Å². The van der Waals surface area contributed by atoms with E-state index >= 15 is 0 Å². The first kappa shape index (κ1) is 8.14. The highest BCUT2D eigenvalue weighted by molar-refractivity contribution is 6.30. The first-order valence-corrected chi connectivity index (χ1v) is 3.49. The Morgan fingerprint density at radius 1 is 1.73 bits per heavy atom. The van der Waals surface area contributed by atoms with Crippen molar-refractivity contribution in [2.75, 3.05) is 5.88 Å². The second-order valence-corrected chi connectivity index (χ2v) is 2.17. The van der Waals surface area contributed by atoms with Crippen molar-refractivity contribution in [2.45, 2.75) is 0 Å². The van der Waals surface area contributed by atoms with Gasteiger partial charge in [0.25, 0.3) is 0 Å². The first-order chi connectivity index (χ1) is 5.25. The smallest absolute Gasteiger partial charge is 0.223 e. The average molecular weight is 174 g/mol. The van der Waals surface area contributed by atoms with Gasteiger partial charge in [-0.3, -0.25) is 4.79 Å². The number of carbonyl (C=O) groups is 1. The van der Waals surface area contributed by atoms with E-state index in [0.717, 1.165) is 0 Å². The van der Waals surface area contributed by atoms with Crippen LogP contribution in [0.15, 0.2) is 18.3 Å². The summed E-state index contributed by atoms with van der Waals surface area (Å²) in [6, 6.07) is 2.84. The zero-order chi connectivity index (χ0) is 8.27. The number of pyridine rings is 1. The Morgan fingerprint density at radius 3 is 3.00 bits per heavy atom. The number of halogens is 2. The van der Waals surface area contributed by atoms with Crippen molar-refractivity contribution >= 4 is 17.4 Å². The molecule has 4 heteroatoms. The zero-order valence-corrected chi connectivity index (χ0v) is 6.31. The van der Waals surface area contributed by atoms with Crippen LogP contribution in [-0.2, 0) is 0 Å². The van der Waals surface area contributed by atoms with Crippen molar-refractivity contribution in [1.29, 1.82) is 0 Å². The number of Topliss-reactive ketones (excluding diaryl/α,β-unsaturated/α-hetero) is 1. The molecule has 0 fully saturated rings. The fraction of sp³-hybridized carbons (Fsp3) is 0.143. The van der Waals surface area contributed by atoms with Gasteiger partial charge in [0.05, 0.1) is 11.4 Å². The molecule has 1 aromatic heterocycles. The zero-order valence-electron chi connectivity index (χ0n) is 5.55. The molecule has 2 nitrogen and oxygen atoms in total. The molecular formula is C7H5ClFNO. The lowest BCUT2D eigenvalue weighted by Crippen LogP contribution is -2.04. The van der Waals surface area contributed by atoms with Gasteiger partial charge in [0.1, 0.15) is 0 Å². The molecule has 0 amide bonds. The highest BCUT2D eigenvalue weighted by atomic mass is 35.5. The van der Waals surface area contributed by atoms with Crippen molar-refractivity contribution < 1.29 is 9.18 Å². The third-order valence-corrected chi connectivity index (χ3v) is 1.42. The summed E-state index contributed by atoms with van der Waals surface area (Å²) in [6.45, 7) is 0. The highest BCUT2D eigenvalue weighted by Gasteiger charge is 2.09. The molecule has 0 bridgehead atoms.